The molecular weight excluding hydrogens is 388 g/mol. The summed E-state index contributed by atoms with van der Waals surface area (Å²) in [5.74, 6) is 3.04. The van der Waals surface area contributed by atoms with E-state index in [1.54, 1.807) is 0 Å². The van der Waals surface area contributed by atoms with Crippen LogP contribution in [-0.2, 0) is 18.0 Å². The minimum Gasteiger partial charge on any atom is -0.457 e. The molecule has 0 radical (unpaired) electrons. The molecule has 0 aliphatic carbocycles. The van der Waals surface area contributed by atoms with Crippen molar-refractivity contribution in [2.24, 2.45) is 0 Å². The van der Waals surface area contributed by atoms with E-state index in [4.69, 9.17) is 25.7 Å². The summed E-state index contributed by atoms with van der Waals surface area (Å²) in [4.78, 5) is 0. The topological polar surface area (TPSA) is 79.7 Å². The van der Waals surface area contributed by atoms with Gasteiger partial charge in [-0.15, -0.1) is 0 Å². The average molecular weight is 412 g/mol. The molecule has 0 amide bonds. The molecule has 0 aliphatic rings. The second-order valence-corrected chi connectivity index (χ2v) is 7.12. The first-order valence-electron chi connectivity index (χ1n) is 9.96. The van der Waals surface area contributed by atoms with Gasteiger partial charge in [0.25, 0.3) is 0 Å². The van der Waals surface area contributed by atoms with Gasteiger partial charge in [-0.2, -0.15) is 0 Å². The quantitative estimate of drug-likeness (QED) is 0.339. The molecule has 0 aliphatic heterocycles. The third kappa shape index (κ3) is 6.01. The molecule has 5 heteroatoms. The first-order valence-corrected chi connectivity index (χ1v) is 9.96. The molecule has 0 saturated heterocycles. The molecule has 4 aromatic rings. The zero-order valence-corrected chi connectivity index (χ0v) is 17.0. The lowest BCUT2D eigenvalue weighted by Crippen LogP contribution is -1.95. The van der Waals surface area contributed by atoms with Crippen molar-refractivity contribution in [3.05, 3.63) is 108 Å². The lowest BCUT2D eigenvalue weighted by molar-refractivity contribution is 0.107. The predicted molar refractivity (Wildman–Crippen MR) is 123 cm³/mol. The Kier molecular flexibility index (Phi) is 6.35. The zero-order valence-electron chi connectivity index (χ0n) is 17.0. The fourth-order valence-electron chi connectivity index (χ4n) is 2.94. The zero-order chi connectivity index (χ0) is 21.5. The summed E-state index contributed by atoms with van der Waals surface area (Å²) in [6.07, 6.45) is 0. The summed E-state index contributed by atoms with van der Waals surface area (Å²) < 4.78 is 17.5. The minimum atomic E-state index is 0.520. The molecule has 0 fully saturated rings. The second kappa shape index (κ2) is 9.69. The smallest absolute Gasteiger partial charge is 0.127 e. The Bertz CT molecular complexity index is 1000. The van der Waals surface area contributed by atoms with Crippen LogP contribution in [0.3, 0.4) is 0 Å². The van der Waals surface area contributed by atoms with Gasteiger partial charge in [-0.1, -0.05) is 24.3 Å². The molecule has 0 saturated carbocycles. The van der Waals surface area contributed by atoms with Gasteiger partial charge < -0.3 is 25.7 Å². The molecule has 0 atom stereocenters. The summed E-state index contributed by atoms with van der Waals surface area (Å²) in [5.41, 5.74) is 15.0. The molecule has 156 valence electrons. The summed E-state index contributed by atoms with van der Waals surface area (Å²) in [7, 11) is 0. The standard InChI is InChI=1S/C26H24N2O3/c27-21-5-13-25(14-6-21)30-23-9-1-19(2-10-23)17-29-18-20-3-11-24(12-4-20)31-26-15-7-22(28)8-16-26/h1-16H,17-18,27-28H2. The van der Waals surface area contributed by atoms with E-state index in [9.17, 15) is 0 Å². The fourth-order valence-corrected chi connectivity index (χ4v) is 2.94. The lowest BCUT2D eigenvalue weighted by atomic mass is 10.2. The van der Waals surface area contributed by atoms with Crippen LogP contribution in [-0.4, -0.2) is 0 Å². The van der Waals surface area contributed by atoms with Crippen LogP contribution < -0.4 is 20.9 Å². The van der Waals surface area contributed by atoms with Crippen LogP contribution in [0.1, 0.15) is 11.1 Å². The van der Waals surface area contributed by atoms with E-state index in [2.05, 4.69) is 0 Å². The van der Waals surface area contributed by atoms with Crippen LogP contribution in [0.4, 0.5) is 11.4 Å². The Labute approximate surface area is 181 Å². The van der Waals surface area contributed by atoms with Crippen LogP contribution in [0, 0.1) is 0 Å². The molecule has 4 N–H and O–H groups in total. The Hall–Kier alpha value is -3.96. The fraction of sp³-hybridized carbons (Fsp3) is 0.0769. The van der Waals surface area contributed by atoms with Gasteiger partial charge in [0.05, 0.1) is 13.2 Å². The molecule has 0 aromatic heterocycles. The second-order valence-electron chi connectivity index (χ2n) is 7.12. The van der Waals surface area contributed by atoms with Crippen LogP contribution in [0.2, 0.25) is 0 Å². The largest absolute Gasteiger partial charge is 0.457 e. The van der Waals surface area contributed by atoms with Crippen molar-refractivity contribution in [2.75, 3.05) is 11.5 Å². The van der Waals surface area contributed by atoms with Gasteiger partial charge in [-0.05, 0) is 83.9 Å². The summed E-state index contributed by atoms with van der Waals surface area (Å²) in [6, 6.07) is 30.3. The highest BCUT2D eigenvalue weighted by atomic mass is 16.5. The van der Waals surface area contributed by atoms with Crippen molar-refractivity contribution in [3.63, 3.8) is 0 Å². The van der Waals surface area contributed by atoms with Crippen LogP contribution in [0.5, 0.6) is 23.0 Å². The maximum Gasteiger partial charge on any atom is 0.127 e. The number of nitrogen functional groups attached to an aromatic ring is 2. The van der Waals surface area contributed by atoms with Crippen LogP contribution in [0.25, 0.3) is 0 Å². The van der Waals surface area contributed by atoms with Gasteiger partial charge in [0, 0.05) is 11.4 Å². The van der Waals surface area contributed by atoms with Gasteiger partial charge in [0.15, 0.2) is 0 Å². The van der Waals surface area contributed by atoms with Gasteiger partial charge >= 0.3 is 0 Å². The van der Waals surface area contributed by atoms with E-state index in [0.29, 0.717) is 24.6 Å². The van der Waals surface area contributed by atoms with Crippen molar-refractivity contribution >= 4 is 11.4 Å². The van der Waals surface area contributed by atoms with E-state index in [1.165, 1.54) is 0 Å². The Morgan fingerprint density at radius 3 is 1.03 bits per heavy atom. The van der Waals surface area contributed by atoms with Crippen molar-refractivity contribution in [2.45, 2.75) is 13.2 Å². The highest BCUT2D eigenvalue weighted by molar-refractivity contribution is 5.44. The SMILES string of the molecule is Nc1ccc(Oc2ccc(COCc3ccc(Oc4ccc(N)cc4)cc3)cc2)cc1. The molecule has 5 nitrogen and oxygen atoms in total. The summed E-state index contributed by atoms with van der Waals surface area (Å²) in [6.45, 7) is 1.04. The molecule has 0 bridgehead atoms. The number of benzene rings is 4. The molecule has 0 spiro atoms. The maximum absolute atomic E-state index is 5.84. The van der Waals surface area contributed by atoms with Crippen LogP contribution in [0.15, 0.2) is 97.1 Å². The number of ether oxygens (including phenoxy) is 3. The van der Waals surface area contributed by atoms with Crippen molar-refractivity contribution in [1.29, 1.82) is 0 Å². The number of nitrogens with two attached hydrogens (primary N) is 2. The molecule has 0 heterocycles. The van der Waals surface area contributed by atoms with Gasteiger partial charge in [-0.25, -0.2) is 0 Å². The van der Waals surface area contributed by atoms with Gasteiger partial charge in [-0.3, -0.25) is 0 Å². The van der Waals surface area contributed by atoms with E-state index < -0.39 is 0 Å². The normalized spacial score (nSPS) is 10.6. The number of rotatable bonds is 8. The third-order valence-electron chi connectivity index (χ3n) is 4.62. The number of hydrogen-bond acceptors (Lipinski definition) is 5. The third-order valence-corrected chi connectivity index (χ3v) is 4.62. The number of anilines is 2. The lowest BCUT2D eigenvalue weighted by Gasteiger charge is -2.09. The molecule has 4 rings (SSSR count). The van der Waals surface area contributed by atoms with E-state index in [1.807, 2.05) is 97.1 Å². The Morgan fingerprint density at radius 2 is 0.710 bits per heavy atom. The molecule has 4 aromatic carbocycles. The number of hydrogen-bond donors (Lipinski definition) is 2. The maximum atomic E-state index is 5.84. The Balaban J connectivity index is 1.24. The minimum absolute atomic E-state index is 0.520. The van der Waals surface area contributed by atoms with E-state index in [0.717, 1.165) is 34.1 Å². The first-order chi connectivity index (χ1) is 15.1. The highest BCUT2D eigenvalue weighted by Gasteiger charge is 2.01. The average Bonchev–Trinajstić information content (AvgIpc) is 2.79. The first kappa shape index (κ1) is 20.3. The highest BCUT2D eigenvalue weighted by Crippen LogP contribution is 2.24. The van der Waals surface area contributed by atoms with Crippen LogP contribution >= 0.6 is 0 Å². The van der Waals surface area contributed by atoms with Crippen molar-refractivity contribution in [1.82, 2.24) is 0 Å². The molecular formula is C26H24N2O3. The summed E-state index contributed by atoms with van der Waals surface area (Å²) in [5, 5.41) is 0. The Morgan fingerprint density at radius 1 is 0.419 bits per heavy atom. The van der Waals surface area contributed by atoms with Gasteiger partial charge in [0.2, 0.25) is 0 Å². The summed E-state index contributed by atoms with van der Waals surface area (Å²) >= 11 is 0. The monoisotopic (exact) mass is 412 g/mol. The van der Waals surface area contributed by atoms with E-state index >= 15 is 0 Å². The van der Waals surface area contributed by atoms with Gasteiger partial charge in [0.1, 0.15) is 23.0 Å². The molecule has 31 heavy (non-hydrogen) atoms. The van der Waals surface area contributed by atoms with Crippen molar-refractivity contribution in [3.8, 4) is 23.0 Å². The predicted octanol–water partition coefficient (Wildman–Crippen LogP) is 6.15. The van der Waals surface area contributed by atoms with Crippen molar-refractivity contribution < 1.29 is 14.2 Å². The van der Waals surface area contributed by atoms with E-state index in [-0.39, 0.29) is 0 Å². The molecule has 0 unspecified atom stereocenters.